The summed E-state index contributed by atoms with van der Waals surface area (Å²) in [6.45, 7) is 6.76. The quantitative estimate of drug-likeness (QED) is 0.582. The molecule has 0 bridgehead atoms. The maximum atomic E-state index is 13.1. The van der Waals surface area contributed by atoms with Gasteiger partial charge < -0.3 is 15.0 Å². The van der Waals surface area contributed by atoms with Crippen LogP contribution in [0.2, 0.25) is 0 Å². The van der Waals surface area contributed by atoms with Gasteiger partial charge in [-0.05, 0) is 63.2 Å². The van der Waals surface area contributed by atoms with E-state index in [1.807, 2.05) is 32.9 Å². The van der Waals surface area contributed by atoms with Crippen molar-refractivity contribution in [2.75, 3.05) is 29.9 Å². The smallest absolute Gasteiger partial charge is 0.258 e. The van der Waals surface area contributed by atoms with E-state index in [9.17, 15) is 18.0 Å². The molecule has 0 aliphatic carbocycles. The van der Waals surface area contributed by atoms with Crippen LogP contribution in [-0.4, -0.2) is 56.4 Å². The average molecular weight is 494 g/mol. The Bertz CT molecular complexity index is 1430. The molecule has 5 rings (SSSR count). The molecule has 182 valence electrons. The summed E-state index contributed by atoms with van der Waals surface area (Å²) in [7, 11) is -3.69. The molecule has 2 unspecified atom stereocenters. The first kappa shape index (κ1) is 23.5. The Hall–Kier alpha value is -3.27. The van der Waals surface area contributed by atoms with Gasteiger partial charge in [0.15, 0.2) is 0 Å². The van der Waals surface area contributed by atoms with E-state index in [2.05, 4.69) is 5.32 Å². The number of carbonyl (C=O) groups excluding carboxylic acids is 2. The van der Waals surface area contributed by atoms with Crippen LogP contribution in [0, 0.1) is 0 Å². The van der Waals surface area contributed by atoms with Gasteiger partial charge in [0.1, 0.15) is 0 Å². The van der Waals surface area contributed by atoms with Gasteiger partial charge >= 0.3 is 0 Å². The van der Waals surface area contributed by atoms with E-state index in [-0.39, 0.29) is 42.0 Å². The number of carbonyl (C=O) groups is 2. The highest BCUT2D eigenvalue weighted by atomic mass is 32.2. The number of nitrogens with one attached hydrogen (secondary N) is 1. The van der Waals surface area contributed by atoms with Crippen LogP contribution in [0.3, 0.4) is 0 Å². The second-order valence-corrected chi connectivity index (χ2v) is 10.9. The molecule has 1 saturated heterocycles. The average Bonchev–Trinajstić information content (AvgIpc) is 3.12. The maximum absolute atomic E-state index is 13.1. The summed E-state index contributed by atoms with van der Waals surface area (Å²) in [4.78, 5) is 27.6. The second-order valence-electron chi connectivity index (χ2n) is 8.97. The lowest BCUT2D eigenvalue weighted by Crippen LogP contribution is -2.48. The molecule has 2 aliphatic heterocycles. The molecule has 9 heteroatoms. The normalized spacial score (nSPS) is 20.4. The fourth-order valence-corrected chi connectivity index (χ4v) is 6.51. The molecule has 2 aliphatic rings. The number of hydrogen-bond donors (Lipinski definition) is 1. The summed E-state index contributed by atoms with van der Waals surface area (Å²) >= 11 is 0. The summed E-state index contributed by atoms with van der Waals surface area (Å²) in [5.41, 5.74) is 2.38. The zero-order valence-corrected chi connectivity index (χ0v) is 20.6. The van der Waals surface area contributed by atoms with Crippen molar-refractivity contribution in [3.8, 4) is 0 Å². The minimum Gasteiger partial charge on any atom is -0.373 e. The van der Waals surface area contributed by atoms with Crippen LogP contribution in [0.15, 0.2) is 59.5 Å². The van der Waals surface area contributed by atoms with Crippen LogP contribution in [0.4, 0.5) is 11.4 Å². The third kappa shape index (κ3) is 3.99. The van der Waals surface area contributed by atoms with Crippen LogP contribution in [0.5, 0.6) is 0 Å². The lowest BCUT2D eigenvalue weighted by Gasteiger charge is -2.34. The molecule has 8 nitrogen and oxygen atoms in total. The molecular weight excluding hydrogens is 466 g/mol. The zero-order valence-electron chi connectivity index (χ0n) is 19.8. The van der Waals surface area contributed by atoms with Gasteiger partial charge in [0, 0.05) is 47.2 Å². The van der Waals surface area contributed by atoms with Crippen LogP contribution < -0.4 is 10.2 Å². The highest BCUT2D eigenvalue weighted by Gasteiger charge is 2.32. The van der Waals surface area contributed by atoms with E-state index in [0.29, 0.717) is 23.4 Å². The Balaban J connectivity index is 1.39. The molecular formula is C26H27N3O5S. The van der Waals surface area contributed by atoms with Gasteiger partial charge in [0.25, 0.3) is 11.8 Å². The molecule has 0 saturated carbocycles. The van der Waals surface area contributed by atoms with Gasteiger partial charge in [-0.1, -0.05) is 12.1 Å². The van der Waals surface area contributed by atoms with E-state index in [0.717, 1.165) is 16.5 Å². The number of ether oxygens (including phenoxy) is 1. The predicted molar refractivity (Wildman–Crippen MR) is 134 cm³/mol. The van der Waals surface area contributed by atoms with E-state index < -0.39 is 10.0 Å². The summed E-state index contributed by atoms with van der Waals surface area (Å²) in [6, 6.07) is 15.1. The fraction of sp³-hybridized carbons (Fsp3) is 0.308. The molecule has 3 aromatic rings. The van der Waals surface area contributed by atoms with E-state index >= 15 is 0 Å². The molecule has 35 heavy (non-hydrogen) atoms. The van der Waals surface area contributed by atoms with Crippen molar-refractivity contribution >= 4 is 44.0 Å². The predicted octanol–water partition coefficient (Wildman–Crippen LogP) is 3.87. The molecule has 2 heterocycles. The summed E-state index contributed by atoms with van der Waals surface area (Å²) in [5, 5.41) is 4.53. The van der Waals surface area contributed by atoms with Crippen molar-refractivity contribution in [2.45, 2.75) is 37.9 Å². The first-order valence-electron chi connectivity index (χ1n) is 11.6. The van der Waals surface area contributed by atoms with E-state index in [4.69, 9.17) is 4.74 Å². The summed E-state index contributed by atoms with van der Waals surface area (Å²) in [6.07, 6.45) is -0.368. The number of morpholine rings is 1. The lowest BCUT2D eigenvalue weighted by atomic mass is 10.0. The van der Waals surface area contributed by atoms with Gasteiger partial charge in [-0.2, -0.15) is 4.31 Å². The Labute approximate surface area is 204 Å². The monoisotopic (exact) mass is 493 g/mol. The number of nitrogens with zero attached hydrogens (tertiary/aromatic N) is 2. The molecule has 2 atom stereocenters. The molecule has 1 N–H and O–H groups in total. The van der Waals surface area contributed by atoms with Gasteiger partial charge in [-0.15, -0.1) is 0 Å². The Morgan fingerprint density at radius 3 is 2.37 bits per heavy atom. The summed E-state index contributed by atoms with van der Waals surface area (Å²) in [5.74, 6) is -0.405. The molecule has 0 spiro atoms. The first-order valence-corrected chi connectivity index (χ1v) is 13.1. The SMILES string of the molecule is CCN1C(=O)c2cccc3c(NC(=O)c4ccc(S(=O)(=O)N5CC(C)OC(C)C5)cc4)ccc1c23. The topological polar surface area (TPSA) is 96.0 Å². The van der Waals surface area contributed by atoms with Crippen molar-refractivity contribution in [3.05, 3.63) is 65.7 Å². The van der Waals surface area contributed by atoms with Crippen LogP contribution in [0.1, 0.15) is 41.5 Å². The maximum Gasteiger partial charge on any atom is 0.258 e. The van der Waals surface area contributed by atoms with E-state index in [1.54, 1.807) is 23.1 Å². The van der Waals surface area contributed by atoms with Crippen LogP contribution in [0.25, 0.3) is 10.8 Å². The first-order chi connectivity index (χ1) is 16.7. The Kier molecular flexibility index (Phi) is 5.86. The van der Waals surface area contributed by atoms with Crippen molar-refractivity contribution < 1.29 is 22.7 Å². The van der Waals surface area contributed by atoms with Crippen molar-refractivity contribution in [1.82, 2.24) is 4.31 Å². The van der Waals surface area contributed by atoms with Crippen molar-refractivity contribution in [3.63, 3.8) is 0 Å². The minimum atomic E-state index is -3.69. The Morgan fingerprint density at radius 2 is 1.71 bits per heavy atom. The standard InChI is InChI=1S/C26H27N3O5S/c1-4-29-23-13-12-22(20-6-5-7-21(24(20)23)26(29)31)27-25(30)18-8-10-19(11-9-18)35(32,33)28-14-16(2)34-17(3)15-28/h5-13,16-17H,4,14-15H2,1-3H3,(H,27,30). The number of sulfonamides is 1. The Morgan fingerprint density at radius 1 is 1.03 bits per heavy atom. The van der Waals surface area contributed by atoms with Crippen LogP contribution in [-0.2, 0) is 14.8 Å². The second kappa shape index (κ2) is 8.75. The van der Waals surface area contributed by atoms with Gasteiger partial charge in [-0.25, -0.2) is 8.42 Å². The minimum absolute atomic E-state index is 0.0440. The van der Waals surface area contributed by atoms with Crippen LogP contribution >= 0.6 is 0 Å². The molecule has 1 fully saturated rings. The van der Waals surface area contributed by atoms with Crippen molar-refractivity contribution in [1.29, 1.82) is 0 Å². The van der Waals surface area contributed by atoms with Gasteiger partial charge in [-0.3, -0.25) is 9.59 Å². The van der Waals surface area contributed by atoms with Gasteiger partial charge in [0.05, 0.1) is 22.8 Å². The molecule has 3 aromatic carbocycles. The fourth-order valence-electron chi connectivity index (χ4n) is 4.92. The lowest BCUT2D eigenvalue weighted by molar-refractivity contribution is -0.0440. The van der Waals surface area contributed by atoms with Gasteiger partial charge in [0.2, 0.25) is 10.0 Å². The van der Waals surface area contributed by atoms with Crippen molar-refractivity contribution in [2.24, 2.45) is 0 Å². The number of amides is 2. The highest BCUT2D eigenvalue weighted by molar-refractivity contribution is 7.89. The van der Waals surface area contributed by atoms with E-state index in [1.165, 1.54) is 28.6 Å². The number of rotatable bonds is 5. The molecule has 2 amide bonds. The third-order valence-corrected chi connectivity index (χ3v) is 8.34. The number of anilines is 2. The highest BCUT2D eigenvalue weighted by Crippen LogP contribution is 2.40. The molecule has 0 aromatic heterocycles. The number of hydrogen-bond acceptors (Lipinski definition) is 5. The largest absolute Gasteiger partial charge is 0.373 e. The zero-order chi connectivity index (χ0) is 24.9. The third-order valence-electron chi connectivity index (χ3n) is 6.49. The molecule has 0 radical (unpaired) electrons. The number of benzene rings is 3. The summed E-state index contributed by atoms with van der Waals surface area (Å²) < 4.78 is 33.2.